The molecule has 35 heavy (non-hydrogen) atoms. The number of carboxylic acids is 1. The van der Waals surface area contributed by atoms with Gasteiger partial charge in [-0.25, -0.2) is 4.79 Å². The molecule has 182 valence electrons. The number of aromatic carboxylic acids is 1. The van der Waals surface area contributed by atoms with Crippen LogP contribution in [-0.2, 0) is 5.41 Å². The molecule has 3 aromatic carbocycles. The second kappa shape index (κ2) is 9.48. The number of aromatic nitrogens is 1. The molecule has 0 saturated carbocycles. The van der Waals surface area contributed by atoms with Crippen LogP contribution in [0.15, 0.2) is 60.7 Å². The van der Waals surface area contributed by atoms with Crippen LogP contribution in [0.3, 0.4) is 0 Å². The van der Waals surface area contributed by atoms with Crippen molar-refractivity contribution >= 4 is 40.1 Å². The molecular weight excluding hydrogens is 485 g/mol. The van der Waals surface area contributed by atoms with Crippen molar-refractivity contribution in [2.75, 3.05) is 0 Å². The molecule has 4 aromatic rings. The number of rotatable bonds is 6. The van der Waals surface area contributed by atoms with Gasteiger partial charge in [-0.05, 0) is 73.4 Å². The Morgan fingerprint density at radius 3 is 2.03 bits per heavy atom. The van der Waals surface area contributed by atoms with Crippen molar-refractivity contribution in [2.24, 2.45) is 0 Å². The molecule has 1 N–H and O–H groups in total. The molecule has 1 aromatic heterocycles. The third-order valence-corrected chi connectivity index (χ3v) is 6.34. The van der Waals surface area contributed by atoms with Gasteiger partial charge in [-0.15, -0.1) is 0 Å². The first-order valence-electron chi connectivity index (χ1n) is 11.3. The van der Waals surface area contributed by atoms with E-state index < -0.39 is 5.97 Å². The van der Waals surface area contributed by atoms with Crippen LogP contribution in [0.1, 0.15) is 50.7 Å². The average molecular weight is 512 g/mol. The van der Waals surface area contributed by atoms with Crippen LogP contribution in [0.5, 0.6) is 17.2 Å². The van der Waals surface area contributed by atoms with Crippen LogP contribution < -0.4 is 9.47 Å². The molecular formula is C28H27Cl2NO4. The normalized spacial score (nSPS) is 11.8. The Kier molecular flexibility index (Phi) is 6.76. The zero-order valence-corrected chi connectivity index (χ0v) is 21.7. The standard InChI is InChI=1S/C28H27Cl2NO4/c1-16(2)34-19-12-8-18(9-13-19)31-21-14-15-22(24(29)23(21)25(30)26(31)27(32)33)35-20-10-6-17(7-11-20)28(3,4)5/h6-16H,1-5H3,(H,32,33). The fraction of sp³-hybridized carbons (Fsp3) is 0.250. The molecule has 0 bridgehead atoms. The van der Waals surface area contributed by atoms with Gasteiger partial charge in [0.1, 0.15) is 17.2 Å². The van der Waals surface area contributed by atoms with Gasteiger partial charge in [0.2, 0.25) is 0 Å². The number of hydrogen-bond acceptors (Lipinski definition) is 3. The predicted molar refractivity (Wildman–Crippen MR) is 141 cm³/mol. The van der Waals surface area contributed by atoms with E-state index in [0.717, 1.165) is 0 Å². The van der Waals surface area contributed by atoms with Crippen molar-refractivity contribution in [2.45, 2.75) is 46.1 Å². The van der Waals surface area contributed by atoms with Gasteiger partial charge in [-0.2, -0.15) is 0 Å². The maximum atomic E-state index is 12.2. The second-order valence-electron chi connectivity index (χ2n) is 9.61. The highest BCUT2D eigenvalue weighted by molar-refractivity contribution is 6.45. The van der Waals surface area contributed by atoms with Crippen molar-refractivity contribution in [1.82, 2.24) is 4.57 Å². The lowest BCUT2D eigenvalue weighted by molar-refractivity contribution is 0.0689. The molecule has 0 amide bonds. The molecule has 0 unspecified atom stereocenters. The van der Waals surface area contributed by atoms with E-state index in [0.29, 0.717) is 33.8 Å². The molecule has 1 heterocycles. The van der Waals surface area contributed by atoms with Crippen molar-refractivity contribution in [3.63, 3.8) is 0 Å². The van der Waals surface area contributed by atoms with Crippen LogP contribution in [0.2, 0.25) is 10.0 Å². The summed E-state index contributed by atoms with van der Waals surface area (Å²) in [7, 11) is 0. The van der Waals surface area contributed by atoms with E-state index in [4.69, 9.17) is 32.7 Å². The number of ether oxygens (including phenoxy) is 2. The van der Waals surface area contributed by atoms with Gasteiger partial charge in [0, 0.05) is 11.1 Å². The van der Waals surface area contributed by atoms with Gasteiger partial charge in [0.15, 0.2) is 5.69 Å². The third kappa shape index (κ3) is 4.97. The smallest absolute Gasteiger partial charge is 0.354 e. The third-order valence-electron chi connectivity index (χ3n) is 5.59. The number of benzene rings is 3. The molecule has 7 heteroatoms. The molecule has 0 spiro atoms. The van der Waals surface area contributed by atoms with E-state index in [1.54, 1.807) is 41.0 Å². The Hall–Kier alpha value is -3.15. The van der Waals surface area contributed by atoms with Gasteiger partial charge in [0.05, 0.1) is 21.7 Å². The van der Waals surface area contributed by atoms with Gasteiger partial charge in [0.25, 0.3) is 0 Å². The van der Waals surface area contributed by atoms with E-state index in [-0.39, 0.29) is 27.3 Å². The lowest BCUT2D eigenvalue weighted by Crippen LogP contribution is -2.10. The SMILES string of the molecule is CC(C)Oc1ccc(-n2c(C(=O)O)c(Cl)c3c(Cl)c(Oc4ccc(C(C)(C)C)cc4)ccc32)cc1. The van der Waals surface area contributed by atoms with Gasteiger partial charge in [-0.1, -0.05) is 56.1 Å². The Morgan fingerprint density at radius 1 is 0.886 bits per heavy atom. The zero-order valence-electron chi connectivity index (χ0n) is 20.2. The summed E-state index contributed by atoms with van der Waals surface area (Å²) in [6, 6.07) is 18.4. The highest BCUT2D eigenvalue weighted by atomic mass is 35.5. The maximum Gasteiger partial charge on any atom is 0.354 e. The number of hydrogen-bond donors (Lipinski definition) is 1. The number of halogens is 2. The lowest BCUT2D eigenvalue weighted by Gasteiger charge is -2.19. The minimum Gasteiger partial charge on any atom is -0.491 e. The summed E-state index contributed by atoms with van der Waals surface area (Å²) in [4.78, 5) is 12.2. The summed E-state index contributed by atoms with van der Waals surface area (Å²) in [6.07, 6.45) is 0.0270. The van der Waals surface area contributed by atoms with Crippen molar-refractivity contribution in [3.05, 3.63) is 82.0 Å². The predicted octanol–water partition coefficient (Wildman–Crippen LogP) is 8.51. The Morgan fingerprint density at radius 2 is 1.49 bits per heavy atom. The minimum atomic E-state index is -1.16. The topological polar surface area (TPSA) is 60.7 Å². The average Bonchev–Trinajstić information content (AvgIpc) is 3.08. The molecule has 5 nitrogen and oxygen atoms in total. The Bertz CT molecular complexity index is 1380. The second-order valence-corrected chi connectivity index (χ2v) is 10.4. The highest BCUT2D eigenvalue weighted by Crippen LogP contribution is 2.43. The lowest BCUT2D eigenvalue weighted by atomic mass is 9.87. The first-order valence-corrected chi connectivity index (χ1v) is 12.0. The maximum absolute atomic E-state index is 12.2. The van der Waals surface area contributed by atoms with Crippen LogP contribution in [0.25, 0.3) is 16.6 Å². The molecule has 0 saturated heterocycles. The number of carboxylic acid groups (broad SMARTS) is 1. The van der Waals surface area contributed by atoms with E-state index in [2.05, 4.69) is 20.8 Å². The minimum absolute atomic E-state index is 0.0257. The zero-order chi connectivity index (χ0) is 25.5. The van der Waals surface area contributed by atoms with Crippen molar-refractivity contribution < 1.29 is 19.4 Å². The molecule has 0 aliphatic carbocycles. The quantitative estimate of drug-likeness (QED) is 0.281. The molecule has 4 rings (SSSR count). The highest BCUT2D eigenvalue weighted by Gasteiger charge is 2.26. The van der Waals surface area contributed by atoms with E-state index >= 15 is 0 Å². The van der Waals surface area contributed by atoms with Crippen LogP contribution >= 0.6 is 23.2 Å². The Labute approximate surface area is 214 Å². The van der Waals surface area contributed by atoms with Crippen LogP contribution in [0.4, 0.5) is 0 Å². The van der Waals surface area contributed by atoms with Crippen molar-refractivity contribution in [3.8, 4) is 22.9 Å². The largest absolute Gasteiger partial charge is 0.491 e. The first-order chi connectivity index (χ1) is 16.5. The summed E-state index contributed by atoms with van der Waals surface area (Å²) >= 11 is 13.3. The van der Waals surface area contributed by atoms with Gasteiger partial charge in [-0.3, -0.25) is 0 Å². The number of fused-ring (bicyclic) bond motifs is 1. The van der Waals surface area contributed by atoms with Crippen LogP contribution in [-0.4, -0.2) is 21.7 Å². The van der Waals surface area contributed by atoms with E-state index in [1.165, 1.54) is 5.56 Å². The number of nitrogens with zero attached hydrogens (tertiary/aromatic N) is 1. The van der Waals surface area contributed by atoms with Crippen molar-refractivity contribution in [1.29, 1.82) is 0 Å². The summed E-state index contributed by atoms with van der Waals surface area (Å²) in [5, 5.41) is 10.7. The fourth-order valence-corrected chi connectivity index (χ4v) is 4.61. The summed E-state index contributed by atoms with van der Waals surface area (Å²) < 4.78 is 13.3. The molecule has 0 fully saturated rings. The summed E-state index contributed by atoms with van der Waals surface area (Å²) in [5.74, 6) is 0.535. The van der Waals surface area contributed by atoms with E-state index in [9.17, 15) is 9.90 Å². The first kappa shape index (κ1) is 25.0. The van der Waals surface area contributed by atoms with E-state index in [1.807, 2.05) is 38.1 Å². The van der Waals surface area contributed by atoms with Crippen LogP contribution in [0, 0.1) is 0 Å². The summed E-state index contributed by atoms with van der Waals surface area (Å²) in [5.41, 5.74) is 2.32. The fourth-order valence-electron chi connectivity index (χ4n) is 3.91. The monoisotopic (exact) mass is 511 g/mol. The molecule has 0 aliphatic heterocycles. The molecule has 0 aliphatic rings. The molecule has 0 radical (unpaired) electrons. The van der Waals surface area contributed by atoms with Gasteiger partial charge < -0.3 is 19.1 Å². The number of carbonyl (C=O) groups is 1. The molecule has 0 atom stereocenters. The Balaban J connectivity index is 1.78. The summed E-state index contributed by atoms with van der Waals surface area (Å²) in [6.45, 7) is 10.3. The van der Waals surface area contributed by atoms with Gasteiger partial charge >= 0.3 is 5.97 Å².